The molecule has 0 N–H and O–H groups in total. The van der Waals surface area contributed by atoms with Crippen LogP contribution in [-0.2, 0) is 4.79 Å². The van der Waals surface area contributed by atoms with Gasteiger partial charge < -0.3 is 14.4 Å². The average molecular weight is 426 g/mol. The summed E-state index contributed by atoms with van der Waals surface area (Å²) in [6.07, 6.45) is 4.98. The first-order chi connectivity index (χ1) is 14.5. The van der Waals surface area contributed by atoms with E-state index < -0.39 is 5.60 Å². The number of amides is 1. The smallest absolute Gasteiger partial charge is 0.246 e. The Hall–Kier alpha value is -2.79. The highest BCUT2D eigenvalue weighted by Crippen LogP contribution is 2.40. The molecule has 2 aromatic carbocycles. The minimum Gasteiger partial charge on any atom is -0.494 e. The van der Waals surface area contributed by atoms with Crippen LogP contribution in [0.5, 0.6) is 11.5 Å². The molecule has 0 aromatic heterocycles. The number of likely N-dealkylation sites (tertiary alicyclic amines) is 1. The molecule has 156 valence electrons. The third-order valence-electron chi connectivity index (χ3n) is 5.65. The van der Waals surface area contributed by atoms with Crippen molar-refractivity contribution in [1.82, 2.24) is 4.90 Å². The number of piperidine rings is 1. The van der Waals surface area contributed by atoms with Crippen LogP contribution in [0.1, 0.15) is 42.1 Å². The van der Waals surface area contributed by atoms with Crippen LogP contribution < -0.4 is 9.47 Å². The van der Waals surface area contributed by atoms with Crippen molar-refractivity contribution in [2.75, 3.05) is 19.7 Å². The molecule has 1 saturated heterocycles. The van der Waals surface area contributed by atoms with Crippen LogP contribution in [0.3, 0.4) is 0 Å². The summed E-state index contributed by atoms with van der Waals surface area (Å²) in [6, 6.07) is 12.8. The van der Waals surface area contributed by atoms with Crippen molar-refractivity contribution in [2.24, 2.45) is 0 Å². The number of carbonyl (C=O) groups excluding carboxylic acids is 2. The van der Waals surface area contributed by atoms with Crippen molar-refractivity contribution >= 4 is 29.4 Å². The largest absolute Gasteiger partial charge is 0.494 e. The van der Waals surface area contributed by atoms with Gasteiger partial charge in [-0.1, -0.05) is 23.7 Å². The SMILES string of the molecule is CCOc1ccc(/C=C/C(=O)N2CCC3(CC2)CC(=O)c2cc(Cl)ccc2O3)cc1. The number of ether oxygens (including phenoxy) is 2. The lowest BCUT2D eigenvalue weighted by molar-refractivity contribution is -0.129. The minimum absolute atomic E-state index is 0.0342. The van der Waals surface area contributed by atoms with Gasteiger partial charge in [0.15, 0.2) is 5.78 Å². The fourth-order valence-corrected chi connectivity index (χ4v) is 4.17. The van der Waals surface area contributed by atoms with Gasteiger partial charge in [-0.15, -0.1) is 0 Å². The zero-order valence-corrected chi connectivity index (χ0v) is 17.7. The normalized spacial score (nSPS) is 17.7. The summed E-state index contributed by atoms with van der Waals surface area (Å²) in [5, 5.41) is 0.529. The maximum absolute atomic E-state index is 12.6. The van der Waals surface area contributed by atoms with Gasteiger partial charge in [0.2, 0.25) is 5.91 Å². The maximum Gasteiger partial charge on any atom is 0.246 e. The summed E-state index contributed by atoms with van der Waals surface area (Å²) in [6.45, 7) is 3.68. The van der Waals surface area contributed by atoms with E-state index >= 15 is 0 Å². The summed E-state index contributed by atoms with van der Waals surface area (Å²) in [5.41, 5.74) is 0.953. The third-order valence-corrected chi connectivity index (χ3v) is 5.88. The predicted octanol–water partition coefficient (Wildman–Crippen LogP) is 4.78. The summed E-state index contributed by atoms with van der Waals surface area (Å²) in [5.74, 6) is 1.42. The topological polar surface area (TPSA) is 55.8 Å². The van der Waals surface area contributed by atoms with Crippen molar-refractivity contribution in [1.29, 1.82) is 0 Å². The van der Waals surface area contributed by atoms with Crippen LogP contribution in [0.2, 0.25) is 5.02 Å². The molecule has 1 amide bonds. The van der Waals surface area contributed by atoms with Gasteiger partial charge in [-0.3, -0.25) is 9.59 Å². The molecule has 30 heavy (non-hydrogen) atoms. The van der Waals surface area contributed by atoms with E-state index in [1.54, 1.807) is 24.3 Å². The lowest BCUT2D eigenvalue weighted by Gasteiger charge is -2.43. The quantitative estimate of drug-likeness (QED) is 0.661. The fourth-order valence-electron chi connectivity index (χ4n) is 3.99. The molecule has 6 heteroatoms. The highest BCUT2D eigenvalue weighted by atomic mass is 35.5. The molecular formula is C24H24ClNO4. The van der Waals surface area contributed by atoms with Crippen LogP contribution in [0, 0.1) is 0 Å². The number of halogens is 1. The van der Waals surface area contributed by atoms with Crippen molar-refractivity contribution in [3.05, 3.63) is 64.7 Å². The van der Waals surface area contributed by atoms with Gasteiger partial charge in [-0.2, -0.15) is 0 Å². The molecular weight excluding hydrogens is 402 g/mol. The first kappa shape index (κ1) is 20.5. The number of rotatable bonds is 4. The molecule has 5 nitrogen and oxygen atoms in total. The molecule has 4 rings (SSSR count). The molecule has 0 radical (unpaired) electrons. The first-order valence-corrected chi connectivity index (χ1v) is 10.6. The van der Waals surface area contributed by atoms with Crippen molar-refractivity contribution in [3.8, 4) is 11.5 Å². The van der Waals surface area contributed by atoms with Crippen LogP contribution in [0.15, 0.2) is 48.5 Å². The summed E-state index contributed by atoms with van der Waals surface area (Å²) in [7, 11) is 0. The molecule has 0 aliphatic carbocycles. The Morgan fingerprint density at radius 2 is 1.93 bits per heavy atom. The van der Waals surface area contributed by atoms with Gasteiger partial charge in [0.25, 0.3) is 0 Å². The Morgan fingerprint density at radius 1 is 1.20 bits per heavy atom. The van der Waals surface area contributed by atoms with Gasteiger partial charge in [0.1, 0.15) is 17.1 Å². The highest BCUT2D eigenvalue weighted by molar-refractivity contribution is 6.31. The number of ketones is 1. The number of benzene rings is 2. The molecule has 0 atom stereocenters. The Morgan fingerprint density at radius 3 is 2.63 bits per heavy atom. The highest BCUT2D eigenvalue weighted by Gasteiger charge is 2.43. The monoisotopic (exact) mass is 425 g/mol. The molecule has 2 aliphatic rings. The Bertz CT molecular complexity index is 975. The molecule has 0 unspecified atom stereocenters. The Kier molecular flexibility index (Phi) is 5.82. The van der Waals surface area contributed by atoms with Gasteiger partial charge in [0.05, 0.1) is 18.6 Å². The van der Waals surface area contributed by atoms with Crippen molar-refractivity contribution in [3.63, 3.8) is 0 Å². The third kappa shape index (κ3) is 4.36. The van der Waals surface area contributed by atoms with Gasteiger partial charge in [-0.25, -0.2) is 0 Å². The number of fused-ring (bicyclic) bond motifs is 1. The van der Waals surface area contributed by atoms with E-state index in [1.807, 2.05) is 42.2 Å². The van der Waals surface area contributed by atoms with E-state index in [9.17, 15) is 9.59 Å². The lowest BCUT2D eigenvalue weighted by atomic mass is 9.82. The second kappa shape index (κ2) is 8.52. The minimum atomic E-state index is -0.534. The zero-order chi connectivity index (χ0) is 21.1. The van der Waals surface area contributed by atoms with Gasteiger partial charge >= 0.3 is 0 Å². The number of hydrogen-bond donors (Lipinski definition) is 0. The first-order valence-electron chi connectivity index (χ1n) is 10.2. The molecule has 0 bridgehead atoms. The number of Topliss-reactive ketones (excluding diaryl/α,β-unsaturated/α-hetero) is 1. The molecule has 2 aromatic rings. The van der Waals surface area contributed by atoms with Crippen LogP contribution in [0.4, 0.5) is 0 Å². The van der Waals surface area contributed by atoms with Gasteiger partial charge in [0, 0.05) is 37.0 Å². The maximum atomic E-state index is 12.6. The van der Waals surface area contributed by atoms with E-state index in [0.29, 0.717) is 55.3 Å². The van der Waals surface area contributed by atoms with Crippen molar-refractivity contribution in [2.45, 2.75) is 31.8 Å². The molecule has 2 aliphatic heterocycles. The van der Waals surface area contributed by atoms with E-state index in [2.05, 4.69) is 0 Å². The molecule has 2 heterocycles. The second-order valence-electron chi connectivity index (χ2n) is 7.69. The van der Waals surface area contributed by atoms with Crippen LogP contribution >= 0.6 is 11.6 Å². The standard InChI is InChI=1S/C24H24ClNO4/c1-2-29-19-7-3-17(4-8-19)5-10-23(28)26-13-11-24(12-14-26)16-21(27)20-15-18(25)6-9-22(20)30-24/h3-10,15H,2,11-14,16H2,1H3/b10-5+. The zero-order valence-electron chi connectivity index (χ0n) is 16.9. The Labute approximate surface area is 181 Å². The number of nitrogens with zero attached hydrogens (tertiary/aromatic N) is 1. The van der Waals surface area contributed by atoms with Crippen LogP contribution in [0.25, 0.3) is 6.08 Å². The van der Waals surface area contributed by atoms with E-state index in [0.717, 1.165) is 11.3 Å². The van der Waals surface area contributed by atoms with E-state index in [1.165, 1.54) is 0 Å². The van der Waals surface area contributed by atoms with Gasteiger partial charge in [-0.05, 0) is 48.9 Å². The summed E-state index contributed by atoms with van der Waals surface area (Å²) >= 11 is 6.00. The number of carbonyl (C=O) groups is 2. The second-order valence-corrected chi connectivity index (χ2v) is 8.12. The molecule has 0 saturated carbocycles. The predicted molar refractivity (Wildman–Crippen MR) is 116 cm³/mol. The molecule has 1 spiro atoms. The molecule has 1 fully saturated rings. The van der Waals surface area contributed by atoms with Crippen LogP contribution in [-0.4, -0.2) is 41.9 Å². The van der Waals surface area contributed by atoms with E-state index in [4.69, 9.17) is 21.1 Å². The number of hydrogen-bond acceptors (Lipinski definition) is 4. The average Bonchev–Trinajstić information content (AvgIpc) is 2.74. The lowest BCUT2D eigenvalue weighted by Crippen LogP contribution is -2.52. The summed E-state index contributed by atoms with van der Waals surface area (Å²) < 4.78 is 11.7. The van der Waals surface area contributed by atoms with E-state index in [-0.39, 0.29) is 11.7 Å². The fraction of sp³-hybridized carbons (Fsp3) is 0.333. The Balaban J connectivity index is 1.36. The summed E-state index contributed by atoms with van der Waals surface area (Å²) in [4.78, 5) is 27.0. The van der Waals surface area contributed by atoms with Crippen molar-refractivity contribution < 1.29 is 19.1 Å².